The number of aliphatic hydroxyl groups is 1. The monoisotopic (exact) mass is 450 g/mol. The number of furan rings is 1. The molecule has 9 nitrogen and oxygen atoms in total. The van der Waals surface area contributed by atoms with E-state index in [1.807, 2.05) is 37.3 Å². The van der Waals surface area contributed by atoms with Gasteiger partial charge in [-0.15, -0.1) is 5.10 Å². The molecule has 2 N–H and O–H groups in total. The number of pyridine rings is 1. The van der Waals surface area contributed by atoms with Crippen LogP contribution in [0.25, 0.3) is 10.9 Å². The van der Waals surface area contributed by atoms with Gasteiger partial charge in [0.25, 0.3) is 5.56 Å². The quantitative estimate of drug-likeness (QED) is 0.361. The molecule has 3 heterocycles. The second-order valence-corrected chi connectivity index (χ2v) is 8.34. The molecule has 174 valence electrons. The highest BCUT2D eigenvalue weighted by Crippen LogP contribution is 2.26. The average molecular weight is 451 g/mol. The minimum atomic E-state index is -0.112. The molecule has 0 fully saturated rings. The number of rotatable bonds is 11. The van der Waals surface area contributed by atoms with Crippen LogP contribution in [0.5, 0.6) is 0 Å². The van der Waals surface area contributed by atoms with E-state index in [-0.39, 0.29) is 18.2 Å². The number of nitrogens with one attached hydrogen (secondary N) is 1. The zero-order chi connectivity index (χ0) is 23.2. The Morgan fingerprint density at radius 2 is 2.15 bits per heavy atom. The summed E-state index contributed by atoms with van der Waals surface area (Å²) < 4.78 is 7.23. The Balaban J connectivity index is 1.68. The Labute approximate surface area is 192 Å². The molecule has 9 heteroatoms. The van der Waals surface area contributed by atoms with Crippen molar-refractivity contribution in [2.75, 3.05) is 13.2 Å². The Hall–Kier alpha value is -3.30. The van der Waals surface area contributed by atoms with Crippen LogP contribution in [-0.4, -0.2) is 48.3 Å². The van der Waals surface area contributed by atoms with Crippen LogP contribution in [0.3, 0.4) is 0 Å². The molecule has 0 bridgehead atoms. The SMILES string of the molecule is CCCC(c1nnnn1Cc1ccco1)N(CCCO)Cc1cc2cc(C)ccc2[nH]c1=O. The largest absolute Gasteiger partial charge is 0.467 e. The van der Waals surface area contributed by atoms with Crippen molar-refractivity contribution in [3.63, 3.8) is 0 Å². The molecular formula is C24H30N6O3. The summed E-state index contributed by atoms with van der Waals surface area (Å²) in [6.45, 7) is 5.69. The second kappa shape index (κ2) is 10.5. The van der Waals surface area contributed by atoms with E-state index in [1.54, 1.807) is 10.9 Å². The number of hydrogen-bond acceptors (Lipinski definition) is 7. The average Bonchev–Trinajstić information content (AvgIpc) is 3.48. The third-order valence-corrected chi connectivity index (χ3v) is 5.80. The lowest BCUT2D eigenvalue weighted by atomic mass is 10.1. The van der Waals surface area contributed by atoms with E-state index < -0.39 is 0 Å². The van der Waals surface area contributed by atoms with Gasteiger partial charge in [-0.25, -0.2) is 4.68 Å². The van der Waals surface area contributed by atoms with E-state index in [4.69, 9.17) is 4.42 Å². The molecule has 33 heavy (non-hydrogen) atoms. The van der Waals surface area contributed by atoms with Crippen LogP contribution in [0.15, 0.2) is 51.9 Å². The third kappa shape index (κ3) is 5.37. The Morgan fingerprint density at radius 3 is 2.91 bits per heavy atom. The lowest BCUT2D eigenvalue weighted by Gasteiger charge is -2.30. The summed E-state index contributed by atoms with van der Waals surface area (Å²) in [6.07, 6.45) is 3.95. The van der Waals surface area contributed by atoms with Gasteiger partial charge in [0.15, 0.2) is 5.82 Å². The fraction of sp³-hybridized carbons (Fsp3) is 0.417. The number of aryl methyl sites for hydroxylation is 1. The van der Waals surface area contributed by atoms with E-state index in [0.717, 1.165) is 40.9 Å². The lowest BCUT2D eigenvalue weighted by molar-refractivity contribution is 0.147. The maximum absolute atomic E-state index is 12.9. The van der Waals surface area contributed by atoms with Crippen LogP contribution in [0, 0.1) is 6.92 Å². The Kier molecular flexibility index (Phi) is 7.31. The molecule has 1 atom stereocenters. The van der Waals surface area contributed by atoms with E-state index >= 15 is 0 Å². The molecule has 0 aliphatic rings. The van der Waals surface area contributed by atoms with Gasteiger partial charge >= 0.3 is 0 Å². The van der Waals surface area contributed by atoms with Gasteiger partial charge in [0.05, 0.1) is 12.3 Å². The third-order valence-electron chi connectivity index (χ3n) is 5.80. The predicted octanol–water partition coefficient (Wildman–Crippen LogP) is 3.19. The lowest BCUT2D eigenvalue weighted by Crippen LogP contribution is -2.34. The van der Waals surface area contributed by atoms with Gasteiger partial charge in [-0.2, -0.15) is 0 Å². The standard InChI is InChI=1S/C24H30N6O3/c1-3-6-22(23-26-27-28-30(23)16-20-7-4-12-33-20)29(10-5-11-31)15-19-14-18-13-17(2)8-9-21(18)25-24(19)32/h4,7-9,12-14,22,31H,3,5-6,10-11,15-16H2,1-2H3,(H,25,32). The fourth-order valence-electron chi connectivity index (χ4n) is 4.19. The number of fused-ring (bicyclic) bond motifs is 1. The van der Waals surface area contributed by atoms with Crippen molar-refractivity contribution in [3.8, 4) is 0 Å². The number of aliphatic hydroxyl groups excluding tert-OH is 1. The van der Waals surface area contributed by atoms with E-state index in [9.17, 15) is 9.90 Å². The molecule has 0 spiro atoms. The normalized spacial score (nSPS) is 12.6. The molecule has 4 rings (SSSR count). The summed E-state index contributed by atoms with van der Waals surface area (Å²) in [7, 11) is 0. The zero-order valence-corrected chi connectivity index (χ0v) is 19.1. The maximum atomic E-state index is 12.9. The van der Waals surface area contributed by atoms with Gasteiger partial charge in [-0.3, -0.25) is 9.69 Å². The first-order valence-corrected chi connectivity index (χ1v) is 11.3. The van der Waals surface area contributed by atoms with Gasteiger partial charge in [0.1, 0.15) is 12.3 Å². The number of tetrazole rings is 1. The molecule has 0 saturated heterocycles. The molecule has 1 aromatic carbocycles. The summed E-state index contributed by atoms with van der Waals surface area (Å²) in [6, 6.07) is 11.6. The van der Waals surface area contributed by atoms with Crippen molar-refractivity contribution >= 4 is 10.9 Å². The van der Waals surface area contributed by atoms with Crippen LogP contribution in [0.2, 0.25) is 0 Å². The van der Waals surface area contributed by atoms with Crippen molar-refractivity contribution in [3.05, 3.63) is 75.7 Å². The van der Waals surface area contributed by atoms with Crippen molar-refractivity contribution in [2.24, 2.45) is 0 Å². The Bertz CT molecular complexity index is 1230. The van der Waals surface area contributed by atoms with Crippen LogP contribution >= 0.6 is 0 Å². The molecule has 0 aliphatic heterocycles. The first-order chi connectivity index (χ1) is 16.1. The minimum absolute atomic E-state index is 0.0694. The van der Waals surface area contributed by atoms with E-state index in [2.05, 4.69) is 38.4 Å². The number of hydrogen-bond donors (Lipinski definition) is 2. The summed E-state index contributed by atoms with van der Waals surface area (Å²) in [4.78, 5) is 18.1. The van der Waals surface area contributed by atoms with Crippen LogP contribution in [0.1, 0.15) is 54.9 Å². The number of aromatic amines is 1. The first kappa shape index (κ1) is 22.9. The highest BCUT2D eigenvalue weighted by molar-refractivity contribution is 5.79. The molecule has 1 unspecified atom stereocenters. The van der Waals surface area contributed by atoms with Gasteiger partial charge in [0, 0.05) is 30.8 Å². The van der Waals surface area contributed by atoms with E-state index in [1.165, 1.54) is 0 Å². The summed E-state index contributed by atoms with van der Waals surface area (Å²) in [5.41, 5.74) is 2.53. The highest BCUT2D eigenvalue weighted by atomic mass is 16.3. The molecule has 0 saturated carbocycles. The van der Waals surface area contributed by atoms with Gasteiger partial charge < -0.3 is 14.5 Å². The van der Waals surface area contributed by atoms with Gasteiger partial charge in [-0.05, 0) is 65.9 Å². The fourth-order valence-corrected chi connectivity index (χ4v) is 4.19. The number of nitrogens with zero attached hydrogens (tertiary/aromatic N) is 5. The van der Waals surface area contributed by atoms with Crippen LogP contribution in [0.4, 0.5) is 0 Å². The zero-order valence-electron chi connectivity index (χ0n) is 19.1. The second-order valence-electron chi connectivity index (χ2n) is 8.34. The van der Waals surface area contributed by atoms with Crippen LogP contribution < -0.4 is 5.56 Å². The van der Waals surface area contributed by atoms with Gasteiger partial charge in [-0.1, -0.05) is 25.0 Å². The molecule has 4 aromatic rings. The number of aromatic nitrogens is 5. The highest BCUT2D eigenvalue weighted by Gasteiger charge is 2.26. The van der Waals surface area contributed by atoms with Crippen LogP contribution in [-0.2, 0) is 13.1 Å². The summed E-state index contributed by atoms with van der Waals surface area (Å²) >= 11 is 0. The van der Waals surface area contributed by atoms with E-state index in [0.29, 0.717) is 31.6 Å². The van der Waals surface area contributed by atoms with Gasteiger partial charge in [0.2, 0.25) is 0 Å². The van der Waals surface area contributed by atoms with Crippen molar-refractivity contribution in [1.82, 2.24) is 30.1 Å². The molecule has 0 radical (unpaired) electrons. The summed E-state index contributed by atoms with van der Waals surface area (Å²) in [5.74, 6) is 1.49. The maximum Gasteiger partial charge on any atom is 0.252 e. The predicted molar refractivity (Wildman–Crippen MR) is 125 cm³/mol. The first-order valence-electron chi connectivity index (χ1n) is 11.3. The topological polar surface area (TPSA) is 113 Å². The number of benzene rings is 1. The molecule has 0 aliphatic carbocycles. The molecule has 0 amide bonds. The Morgan fingerprint density at radius 1 is 1.27 bits per heavy atom. The van der Waals surface area contributed by atoms with Crippen molar-refractivity contribution < 1.29 is 9.52 Å². The molecule has 3 aromatic heterocycles. The minimum Gasteiger partial charge on any atom is -0.467 e. The van der Waals surface area contributed by atoms with Crippen molar-refractivity contribution in [1.29, 1.82) is 0 Å². The number of H-pyrrole nitrogens is 1. The van der Waals surface area contributed by atoms with Crippen molar-refractivity contribution in [2.45, 2.75) is 52.2 Å². The molecular weight excluding hydrogens is 420 g/mol. The smallest absolute Gasteiger partial charge is 0.252 e. The summed E-state index contributed by atoms with van der Waals surface area (Å²) in [5, 5.41) is 23.0.